The minimum atomic E-state index is -1.01. The molecular formula is C12H22N2O5. The van der Waals surface area contributed by atoms with Crippen LogP contribution in [0.1, 0.15) is 12.8 Å². The summed E-state index contributed by atoms with van der Waals surface area (Å²) < 4.78 is 10.1. The van der Waals surface area contributed by atoms with Gasteiger partial charge in [0.15, 0.2) is 6.10 Å². The smallest absolute Gasteiger partial charge is 0.332 e. The lowest BCUT2D eigenvalue weighted by Gasteiger charge is -2.17. The van der Waals surface area contributed by atoms with Crippen molar-refractivity contribution in [3.05, 3.63) is 0 Å². The maximum atomic E-state index is 11.7. The van der Waals surface area contributed by atoms with Crippen LogP contribution in [-0.2, 0) is 19.1 Å². The van der Waals surface area contributed by atoms with Gasteiger partial charge in [-0.25, -0.2) is 4.79 Å². The molecule has 1 fully saturated rings. The molecule has 0 aromatic heterocycles. The zero-order valence-electron chi connectivity index (χ0n) is 11.4. The first kappa shape index (κ1) is 15.9. The molecule has 0 saturated carbocycles. The first-order valence-electron chi connectivity index (χ1n) is 6.38. The highest BCUT2D eigenvalue weighted by Gasteiger charge is 2.34. The highest BCUT2D eigenvalue weighted by Crippen LogP contribution is 2.19. The Morgan fingerprint density at radius 2 is 2.05 bits per heavy atom. The van der Waals surface area contributed by atoms with Crippen LogP contribution in [0.2, 0.25) is 0 Å². The number of carbonyl (C=O) groups excluding carboxylic acids is 1. The van der Waals surface area contributed by atoms with Crippen LogP contribution >= 0.6 is 0 Å². The van der Waals surface area contributed by atoms with Gasteiger partial charge in [0.25, 0.3) is 0 Å². The topological polar surface area (TPSA) is 88.1 Å². The monoisotopic (exact) mass is 274 g/mol. The number of methoxy groups -OCH3 is 1. The fraction of sp³-hybridized carbons (Fsp3) is 0.833. The first-order valence-corrected chi connectivity index (χ1v) is 6.38. The molecule has 0 aliphatic carbocycles. The van der Waals surface area contributed by atoms with Gasteiger partial charge >= 0.3 is 5.97 Å². The van der Waals surface area contributed by atoms with Crippen LogP contribution in [0.25, 0.3) is 0 Å². The number of ether oxygens (including phenoxy) is 2. The number of amides is 1. The normalized spacial score (nSPS) is 22.7. The summed E-state index contributed by atoms with van der Waals surface area (Å²) in [6.45, 7) is 2.67. The van der Waals surface area contributed by atoms with Crippen molar-refractivity contribution in [3.8, 4) is 0 Å². The average Bonchev–Trinajstić information content (AvgIpc) is 2.86. The second kappa shape index (κ2) is 8.08. The molecule has 2 unspecified atom stereocenters. The molecule has 7 heteroatoms. The maximum absolute atomic E-state index is 11.7. The molecule has 19 heavy (non-hydrogen) atoms. The first-order chi connectivity index (χ1) is 9.04. The molecule has 2 N–H and O–H groups in total. The SMILES string of the molecule is COCCN(C)CCNC(=O)C1CCC(C(=O)O)O1. The summed E-state index contributed by atoms with van der Waals surface area (Å²) in [7, 11) is 3.59. The maximum Gasteiger partial charge on any atom is 0.332 e. The average molecular weight is 274 g/mol. The predicted octanol–water partition coefficient (Wildman–Crippen LogP) is -0.687. The summed E-state index contributed by atoms with van der Waals surface area (Å²) in [6.07, 6.45) is -0.630. The van der Waals surface area contributed by atoms with Gasteiger partial charge < -0.3 is 24.8 Å². The lowest BCUT2D eigenvalue weighted by molar-refractivity contribution is -0.151. The molecule has 2 atom stereocenters. The van der Waals surface area contributed by atoms with Gasteiger partial charge in [0.05, 0.1) is 6.61 Å². The van der Waals surface area contributed by atoms with Crippen molar-refractivity contribution in [2.24, 2.45) is 0 Å². The van der Waals surface area contributed by atoms with E-state index in [1.807, 2.05) is 11.9 Å². The van der Waals surface area contributed by atoms with Crippen molar-refractivity contribution >= 4 is 11.9 Å². The van der Waals surface area contributed by atoms with Crippen molar-refractivity contribution in [1.29, 1.82) is 0 Å². The zero-order valence-corrected chi connectivity index (χ0v) is 11.4. The standard InChI is InChI=1S/C12H22N2O5/c1-14(7-8-18-2)6-5-13-11(15)9-3-4-10(19-9)12(16)17/h9-10H,3-8H2,1-2H3,(H,13,15)(H,16,17). The van der Waals surface area contributed by atoms with Crippen LogP contribution in [-0.4, -0.2) is 74.5 Å². The summed E-state index contributed by atoms with van der Waals surface area (Å²) >= 11 is 0. The van der Waals surface area contributed by atoms with Crippen LogP contribution in [0, 0.1) is 0 Å². The summed E-state index contributed by atoms with van der Waals surface area (Å²) in [4.78, 5) is 24.5. The van der Waals surface area contributed by atoms with E-state index in [0.29, 0.717) is 32.5 Å². The van der Waals surface area contributed by atoms with E-state index in [2.05, 4.69) is 5.32 Å². The van der Waals surface area contributed by atoms with Crippen LogP contribution < -0.4 is 5.32 Å². The Bertz CT molecular complexity index is 310. The van der Waals surface area contributed by atoms with Gasteiger partial charge in [0, 0.05) is 26.7 Å². The highest BCUT2D eigenvalue weighted by molar-refractivity contribution is 5.82. The predicted molar refractivity (Wildman–Crippen MR) is 67.9 cm³/mol. The molecule has 0 radical (unpaired) electrons. The molecule has 7 nitrogen and oxygen atoms in total. The summed E-state index contributed by atoms with van der Waals surface area (Å²) in [5.41, 5.74) is 0. The van der Waals surface area contributed by atoms with Crippen molar-refractivity contribution in [1.82, 2.24) is 10.2 Å². The molecule has 0 aromatic carbocycles. The number of likely N-dealkylation sites (N-methyl/N-ethyl adjacent to an activating group) is 1. The molecule has 1 saturated heterocycles. The molecular weight excluding hydrogens is 252 g/mol. The fourth-order valence-corrected chi connectivity index (χ4v) is 1.85. The molecule has 1 aliphatic rings. The number of aliphatic carboxylic acids is 1. The number of carbonyl (C=O) groups is 2. The molecule has 0 spiro atoms. The number of hydrogen-bond donors (Lipinski definition) is 2. The molecule has 1 heterocycles. The number of rotatable bonds is 8. The van der Waals surface area contributed by atoms with Gasteiger partial charge in [-0.3, -0.25) is 4.79 Å². The molecule has 0 aromatic rings. The van der Waals surface area contributed by atoms with Crippen LogP contribution in [0.3, 0.4) is 0 Å². The minimum absolute atomic E-state index is 0.233. The van der Waals surface area contributed by atoms with Crippen molar-refractivity contribution in [3.63, 3.8) is 0 Å². The van der Waals surface area contributed by atoms with E-state index in [0.717, 1.165) is 6.54 Å². The van der Waals surface area contributed by atoms with E-state index in [1.54, 1.807) is 7.11 Å². The number of hydrogen-bond acceptors (Lipinski definition) is 5. The Kier molecular flexibility index (Phi) is 6.75. The summed E-state index contributed by atoms with van der Waals surface area (Å²) in [5, 5.41) is 11.5. The largest absolute Gasteiger partial charge is 0.479 e. The van der Waals surface area contributed by atoms with Crippen molar-refractivity contribution in [2.45, 2.75) is 25.0 Å². The van der Waals surface area contributed by atoms with E-state index in [1.165, 1.54) is 0 Å². The van der Waals surface area contributed by atoms with Gasteiger partial charge in [0.2, 0.25) is 5.91 Å². The number of carboxylic acids is 1. The van der Waals surface area contributed by atoms with Crippen LogP contribution in [0.5, 0.6) is 0 Å². The van der Waals surface area contributed by atoms with E-state index in [9.17, 15) is 9.59 Å². The van der Waals surface area contributed by atoms with Gasteiger partial charge in [-0.2, -0.15) is 0 Å². The molecule has 1 aliphatic heterocycles. The fourth-order valence-electron chi connectivity index (χ4n) is 1.85. The Balaban J connectivity index is 2.16. The third-order valence-corrected chi connectivity index (χ3v) is 3.06. The number of carboxylic acid groups (broad SMARTS) is 1. The Labute approximate surface area is 112 Å². The minimum Gasteiger partial charge on any atom is -0.479 e. The van der Waals surface area contributed by atoms with E-state index in [-0.39, 0.29) is 5.91 Å². The van der Waals surface area contributed by atoms with E-state index < -0.39 is 18.2 Å². The summed E-state index contributed by atoms with van der Waals surface area (Å²) in [6, 6.07) is 0. The van der Waals surface area contributed by atoms with Crippen molar-refractivity contribution < 1.29 is 24.2 Å². The summed E-state index contributed by atoms with van der Waals surface area (Å²) in [5.74, 6) is -1.24. The van der Waals surface area contributed by atoms with E-state index in [4.69, 9.17) is 14.6 Å². The van der Waals surface area contributed by atoms with Crippen molar-refractivity contribution in [2.75, 3.05) is 40.4 Å². The second-order valence-electron chi connectivity index (χ2n) is 4.62. The Morgan fingerprint density at radius 3 is 2.63 bits per heavy atom. The molecule has 1 amide bonds. The Hall–Kier alpha value is -1.18. The van der Waals surface area contributed by atoms with Gasteiger partial charge in [-0.1, -0.05) is 0 Å². The van der Waals surface area contributed by atoms with Gasteiger partial charge in [0.1, 0.15) is 6.10 Å². The third-order valence-electron chi connectivity index (χ3n) is 3.06. The molecule has 0 bridgehead atoms. The van der Waals surface area contributed by atoms with E-state index >= 15 is 0 Å². The van der Waals surface area contributed by atoms with Gasteiger partial charge in [-0.05, 0) is 19.9 Å². The highest BCUT2D eigenvalue weighted by atomic mass is 16.5. The molecule has 110 valence electrons. The number of nitrogens with zero attached hydrogens (tertiary/aromatic N) is 1. The number of nitrogens with one attached hydrogen (secondary N) is 1. The molecule has 1 rings (SSSR count). The van der Waals surface area contributed by atoms with Gasteiger partial charge in [-0.15, -0.1) is 0 Å². The van der Waals surface area contributed by atoms with Crippen LogP contribution in [0.15, 0.2) is 0 Å². The lowest BCUT2D eigenvalue weighted by atomic mass is 10.2. The Morgan fingerprint density at radius 1 is 1.37 bits per heavy atom. The quantitative estimate of drug-likeness (QED) is 0.609. The van der Waals surface area contributed by atoms with Crippen LogP contribution in [0.4, 0.5) is 0 Å². The lowest BCUT2D eigenvalue weighted by Crippen LogP contribution is -2.40. The second-order valence-corrected chi connectivity index (χ2v) is 4.62. The zero-order chi connectivity index (χ0) is 14.3. The third kappa shape index (κ3) is 5.54.